The summed E-state index contributed by atoms with van der Waals surface area (Å²) in [5.74, 6) is 1.28. The summed E-state index contributed by atoms with van der Waals surface area (Å²) in [6, 6.07) is 5.76. The van der Waals surface area contributed by atoms with Crippen molar-refractivity contribution in [3.05, 3.63) is 42.4 Å². The van der Waals surface area contributed by atoms with Crippen molar-refractivity contribution in [2.24, 2.45) is 5.92 Å². The fourth-order valence-electron chi connectivity index (χ4n) is 4.02. The summed E-state index contributed by atoms with van der Waals surface area (Å²) >= 11 is 0. The van der Waals surface area contributed by atoms with E-state index in [0.29, 0.717) is 18.4 Å². The van der Waals surface area contributed by atoms with Crippen molar-refractivity contribution in [2.45, 2.75) is 38.5 Å². The molecule has 4 heterocycles. The lowest BCUT2D eigenvalue weighted by Gasteiger charge is -2.50. The lowest BCUT2D eigenvalue weighted by molar-refractivity contribution is -0.138. The minimum absolute atomic E-state index is 0.0359. The lowest BCUT2D eigenvalue weighted by Crippen LogP contribution is -2.64. The third-order valence-electron chi connectivity index (χ3n) is 5.35. The number of hydrogen-bond donors (Lipinski definition) is 0. The third kappa shape index (κ3) is 3.55. The first-order valence-electron chi connectivity index (χ1n) is 9.19. The van der Waals surface area contributed by atoms with Gasteiger partial charge in [0.2, 0.25) is 5.88 Å². The molecule has 2 aromatic heterocycles. The number of pyridine rings is 1. The smallest absolute Gasteiger partial charge is 0.213 e. The van der Waals surface area contributed by atoms with Gasteiger partial charge in [-0.3, -0.25) is 9.58 Å². The maximum absolute atomic E-state index is 6.15. The van der Waals surface area contributed by atoms with Crippen molar-refractivity contribution in [1.29, 1.82) is 0 Å². The molecule has 2 aromatic rings. The molecule has 2 aliphatic heterocycles. The van der Waals surface area contributed by atoms with Crippen LogP contribution in [0, 0.1) is 5.92 Å². The highest BCUT2D eigenvalue weighted by molar-refractivity contribution is 5.11. The zero-order chi connectivity index (χ0) is 17.1. The quantitative estimate of drug-likeness (QED) is 0.773. The molecule has 1 atom stereocenters. The van der Waals surface area contributed by atoms with E-state index in [1.807, 2.05) is 29.1 Å². The number of hydrogen-bond acceptors (Lipinski definition) is 5. The van der Waals surface area contributed by atoms with E-state index in [1.165, 1.54) is 5.56 Å². The first kappa shape index (κ1) is 16.5. The van der Waals surface area contributed by atoms with Gasteiger partial charge in [-0.2, -0.15) is 5.10 Å². The maximum Gasteiger partial charge on any atom is 0.213 e. The van der Waals surface area contributed by atoms with Crippen LogP contribution in [0.4, 0.5) is 0 Å². The minimum Gasteiger partial charge on any atom is -0.478 e. The van der Waals surface area contributed by atoms with Gasteiger partial charge in [-0.1, -0.05) is 6.07 Å². The Morgan fingerprint density at radius 3 is 3.04 bits per heavy atom. The van der Waals surface area contributed by atoms with E-state index >= 15 is 0 Å². The van der Waals surface area contributed by atoms with Crippen LogP contribution in [0.1, 0.15) is 25.3 Å². The molecule has 1 spiro atoms. The molecule has 0 radical (unpaired) electrons. The van der Waals surface area contributed by atoms with E-state index < -0.39 is 0 Å². The topological polar surface area (TPSA) is 52.4 Å². The van der Waals surface area contributed by atoms with Gasteiger partial charge >= 0.3 is 0 Å². The molecular formula is C19H26N4O2. The second-order valence-corrected chi connectivity index (χ2v) is 7.05. The molecule has 0 unspecified atom stereocenters. The molecule has 6 heteroatoms. The zero-order valence-electron chi connectivity index (χ0n) is 14.8. The van der Waals surface area contributed by atoms with E-state index in [-0.39, 0.29) is 5.60 Å². The van der Waals surface area contributed by atoms with Gasteiger partial charge in [0.05, 0.1) is 18.4 Å². The van der Waals surface area contributed by atoms with Crippen molar-refractivity contribution >= 4 is 0 Å². The Kier molecular flexibility index (Phi) is 4.72. The molecule has 25 heavy (non-hydrogen) atoms. The maximum atomic E-state index is 6.15. The summed E-state index contributed by atoms with van der Waals surface area (Å²) in [5.41, 5.74) is 1.32. The van der Waals surface area contributed by atoms with E-state index in [9.17, 15) is 0 Å². The summed E-state index contributed by atoms with van der Waals surface area (Å²) < 4.78 is 13.9. The van der Waals surface area contributed by atoms with Crippen LogP contribution in [-0.4, -0.2) is 51.6 Å². The molecule has 0 saturated carbocycles. The van der Waals surface area contributed by atoms with Crippen LogP contribution in [0.2, 0.25) is 0 Å². The van der Waals surface area contributed by atoms with Gasteiger partial charge in [0.1, 0.15) is 0 Å². The van der Waals surface area contributed by atoms with Gasteiger partial charge in [-0.15, -0.1) is 0 Å². The first-order chi connectivity index (χ1) is 12.3. The highest BCUT2D eigenvalue weighted by Crippen LogP contribution is 2.42. The molecular weight excluding hydrogens is 316 g/mol. The Labute approximate surface area is 148 Å². The molecule has 0 aliphatic carbocycles. The van der Waals surface area contributed by atoms with Crippen LogP contribution in [-0.2, 0) is 17.8 Å². The average molecular weight is 342 g/mol. The highest BCUT2D eigenvalue weighted by Gasteiger charge is 2.52. The summed E-state index contributed by atoms with van der Waals surface area (Å²) in [4.78, 5) is 6.66. The first-order valence-corrected chi connectivity index (χ1v) is 9.19. The summed E-state index contributed by atoms with van der Waals surface area (Å²) in [6.45, 7) is 7.59. The van der Waals surface area contributed by atoms with Crippen LogP contribution in [0.15, 0.2) is 36.8 Å². The summed E-state index contributed by atoms with van der Waals surface area (Å²) in [6.07, 6.45) is 8.03. The molecule has 134 valence electrons. The number of nitrogens with zero attached hydrogens (tertiary/aromatic N) is 4. The van der Waals surface area contributed by atoms with E-state index in [0.717, 1.165) is 45.6 Å². The minimum atomic E-state index is 0.0359. The normalized spacial score (nSPS) is 22.2. The van der Waals surface area contributed by atoms with Crippen LogP contribution >= 0.6 is 0 Å². The molecule has 2 fully saturated rings. The Balaban J connectivity index is 1.26. The van der Waals surface area contributed by atoms with Crippen molar-refractivity contribution in [3.63, 3.8) is 0 Å². The van der Waals surface area contributed by atoms with Gasteiger partial charge in [0.25, 0.3) is 0 Å². The molecule has 2 aliphatic rings. The van der Waals surface area contributed by atoms with Crippen molar-refractivity contribution < 1.29 is 9.47 Å². The van der Waals surface area contributed by atoms with Crippen molar-refractivity contribution in [1.82, 2.24) is 19.7 Å². The van der Waals surface area contributed by atoms with Crippen molar-refractivity contribution in [2.75, 3.05) is 26.3 Å². The second-order valence-electron chi connectivity index (χ2n) is 7.05. The fourth-order valence-corrected chi connectivity index (χ4v) is 4.02. The molecule has 4 rings (SSSR count). The Bertz CT molecular complexity index is 682. The zero-order valence-corrected chi connectivity index (χ0v) is 14.8. The molecule has 6 nitrogen and oxygen atoms in total. The number of aromatic nitrogens is 3. The third-order valence-corrected chi connectivity index (χ3v) is 5.35. The average Bonchev–Trinajstić information content (AvgIpc) is 3.23. The van der Waals surface area contributed by atoms with Crippen LogP contribution < -0.4 is 4.74 Å². The number of ether oxygens (including phenoxy) is 2. The lowest BCUT2D eigenvalue weighted by atomic mass is 9.79. The standard InChI is InChI=1S/C19H26N4O2/c1-2-23-13-16(11-21-23)12-22-14-19(15-22)17(7-10-25-19)6-9-24-18-5-3-4-8-20-18/h3-5,8,11,13,17H,2,6-7,9-10,12,14-15H2,1H3/t17-/m0/s1. The van der Waals surface area contributed by atoms with Crippen molar-refractivity contribution in [3.8, 4) is 5.88 Å². The number of likely N-dealkylation sites (tertiary alicyclic amines) is 1. The Morgan fingerprint density at radius 2 is 2.28 bits per heavy atom. The van der Waals surface area contributed by atoms with Crippen LogP contribution in [0.5, 0.6) is 5.88 Å². The van der Waals surface area contributed by atoms with Gasteiger partial charge in [-0.25, -0.2) is 4.98 Å². The van der Waals surface area contributed by atoms with E-state index in [2.05, 4.69) is 28.1 Å². The number of aryl methyl sites for hydroxylation is 1. The fraction of sp³-hybridized carbons (Fsp3) is 0.579. The Morgan fingerprint density at radius 1 is 1.36 bits per heavy atom. The largest absolute Gasteiger partial charge is 0.478 e. The molecule has 0 amide bonds. The predicted molar refractivity (Wildman–Crippen MR) is 94.3 cm³/mol. The van der Waals surface area contributed by atoms with E-state index in [4.69, 9.17) is 9.47 Å². The molecule has 0 aromatic carbocycles. The van der Waals surface area contributed by atoms with Crippen LogP contribution in [0.3, 0.4) is 0 Å². The SMILES string of the molecule is CCn1cc(CN2CC3(C2)OCC[C@@H]3CCOc2ccccn2)cn1. The number of rotatable bonds is 7. The van der Waals surface area contributed by atoms with Gasteiger partial charge in [0, 0.05) is 56.8 Å². The highest BCUT2D eigenvalue weighted by atomic mass is 16.5. The van der Waals surface area contributed by atoms with Gasteiger partial charge < -0.3 is 9.47 Å². The monoisotopic (exact) mass is 342 g/mol. The Hall–Kier alpha value is -1.92. The summed E-state index contributed by atoms with van der Waals surface area (Å²) in [7, 11) is 0. The predicted octanol–water partition coefficient (Wildman–Crippen LogP) is 2.36. The molecule has 0 bridgehead atoms. The summed E-state index contributed by atoms with van der Waals surface area (Å²) in [5, 5.41) is 4.36. The van der Waals surface area contributed by atoms with Gasteiger partial charge in [-0.05, 0) is 31.7 Å². The second kappa shape index (κ2) is 7.14. The van der Waals surface area contributed by atoms with E-state index in [1.54, 1.807) is 6.20 Å². The molecule has 0 N–H and O–H groups in total. The van der Waals surface area contributed by atoms with Crippen LogP contribution in [0.25, 0.3) is 0 Å². The molecule has 2 saturated heterocycles. The van der Waals surface area contributed by atoms with Gasteiger partial charge in [0.15, 0.2) is 0 Å².